The number of pyridine rings is 1. The molecule has 0 fully saturated rings. The Kier molecular flexibility index (Phi) is 6.35. The van der Waals surface area contributed by atoms with E-state index in [9.17, 15) is 4.79 Å². The fourth-order valence-electron chi connectivity index (χ4n) is 2.92. The average molecular weight is 364 g/mol. The smallest absolute Gasteiger partial charge is 0.267 e. The van der Waals surface area contributed by atoms with Crippen molar-refractivity contribution in [1.82, 2.24) is 20.2 Å². The summed E-state index contributed by atoms with van der Waals surface area (Å²) in [6, 6.07) is 14.0. The van der Waals surface area contributed by atoms with E-state index in [1.807, 2.05) is 36.5 Å². The van der Waals surface area contributed by atoms with Crippen LogP contribution in [0.25, 0.3) is 23.0 Å². The van der Waals surface area contributed by atoms with Gasteiger partial charge in [0.25, 0.3) is 5.91 Å². The lowest BCUT2D eigenvalue weighted by Crippen LogP contribution is -2.16. The number of nitrogens with one attached hydrogen (secondary N) is 2. The zero-order valence-corrected chi connectivity index (χ0v) is 15.4. The van der Waals surface area contributed by atoms with E-state index in [4.69, 9.17) is 10.2 Å². The summed E-state index contributed by atoms with van der Waals surface area (Å²) in [6.07, 6.45) is 7.17. The van der Waals surface area contributed by atoms with Crippen LogP contribution in [0.2, 0.25) is 0 Å². The van der Waals surface area contributed by atoms with Crippen LogP contribution < -0.4 is 10.8 Å². The second-order valence-corrected chi connectivity index (χ2v) is 6.30. The Morgan fingerprint density at radius 3 is 2.78 bits per heavy atom. The Bertz CT molecular complexity index is 932. The Morgan fingerprint density at radius 2 is 2.04 bits per heavy atom. The summed E-state index contributed by atoms with van der Waals surface area (Å²) >= 11 is 0. The minimum absolute atomic E-state index is 0.563. The molecule has 3 aromatic rings. The molecule has 27 heavy (non-hydrogen) atoms. The van der Waals surface area contributed by atoms with Gasteiger partial charge < -0.3 is 9.72 Å². The number of carbonyl (C=O) groups excluding carboxylic acids is 1. The molecule has 1 amide bonds. The van der Waals surface area contributed by atoms with Crippen LogP contribution in [0.3, 0.4) is 0 Å². The van der Waals surface area contributed by atoms with Gasteiger partial charge in [-0.15, -0.1) is 0 Å². The second-order valence-electron chi connectivity index (χ2n) is 6.30. The first-order valence-corrected chi connectivity index (χ1v) is 9.12. The van der Waals surface area contributed by atoms with Gasteiger partial charge in [-0.1, -0.05) is 43.7 Å². The number of unbranched alkanes of at least 4 members (excludes halogenated alkanes) is 1. The maximum Gasteiger partial charge on any atom is 0.267 e. The fourth-order valence-corrected chi connectivity index (χ4v) is 2.92. The van der Waals surface area contributed by atoms with Crippen molar-refractivity contribution in [3.8, 4) is 11.3 Å². The zero-order chi connectivity index (χ0) is 19.1. The van der Waals surface area contributed by atoms with Crippen molar-refractivity contribution >= 4 is 17.6 Å². The molecule has 0 saturated heterocycles. The number of nitrogens with zero attached hydrogens (tertiary/aromatic N) is 2. The number of amides is 1. The normalized spacial score (nSPS) is 11.3. The highest BCUT2D eigenvalue weighted by molar-refractivity contribution is 5.90. The first kappa shape index (κ1) is 18.8. The van der Waals surface area contributed by atoms with Gasteiger partial charge in [-0.25, -0.2) is 10.5 Å². The monoisotopic (exact) mass is 364 g/mol. The van der Waals surface area contributed by atoms with E-state index < -0.39 is 5.91 Å². The van der Waals surface area contributed by atoms with E-state index in [1.54, 1.807) is 11.6 Å². The highest BCUT2D eigenvalue weighted by Gasteiger charge is 2.13. The van der Waals surface area contributed by atoms with Crippen LogP contribution >= 0.6 is 0 Å². The minimum atomic E-state index is -0.563. The molecule has 0 aliphatic rings. The Hall–Kier alpha value is -2.96. The van der Waals surface area contributed by atoms with Crippen molar-refractivity contribution in [3.63, 3.8) is 0 Å². The van der Waals surface area contributed by atoms with Crippen molar-refractivity contribution in [2.45, 2.75) is 26.3 Å². The predicted molar refractivity (Wildman–Crippen MR) is 106 cm³/mol. The average Bonchev–Trinajstić information content (AvgIpc) is 3.08. The highest BCUT2D eigenvalue weighted by atomic mass is 16.5. The molecule has 1 aromatic carbocycles. The van der Waals surface area contributed by atoms with Crippen molar-refractivity contribution in [2.75, 3.05) is 6.54 Å². The summed E-state index contributed by atoms with van der Waals surface area (Å²) in [5, 5.41) is 12.1. The zero-order valence-electron chi connectivity index (χ0n) is 15.4. The van der Waals surface area contributed by atoms with Crippen molar-refractivity contribution in [3.05, 3.63) is 66.0 Å². The lowest BCUT2D eigenvalue weighted by Gasteiger charge is -2.08. The predicted octanol–water partition coefficient (Wildman–Crippen LogP) is 3.41. The van der Waals surface area contributed by atoms with Crippen LogP contribution in [0.1, 0.15) is 31.0 Å². The van der Waals surface area contributed by atoms with Gasteiger partial charge in [-0.2, -0.15) is 0 Å². The number of carbonyl (C=O) groups is 1. The van der Waals surface area contributed by atoms with E-state index >= 15 is 0 Å². The van der Waals surface area contributed by atoms with Gasteiger partial charge in [0, 0.05) is 24.4 Å². The first-order valence-electron chi connectivity index (χ1n) is 9.12. The van der Waals surface area contributed by atoms with Crippen LogP contribution in [0.4, 0.5) is 0 Å². The molecule has 2 heterocycles. The summed E-state index contributed by atoms with van der Waals surface area (Å²) in [6.45, 7) is 3.83. The minimum Gasteiger partial charge on any atom is -0.311 e. The second kappa shape index (κ2) is 9.12. The molecule has 6 nitrogen and oxygen atoms in total. The lowest BCUT2D eigenvalue weighted by atomic mass is 10.1. The molecule has 0 saturated carbocycles. The maximum atomic E-state index is 11.2. The number of hydrogen-bond donors (Lipinski definition) is 3. The Balaban J connectivity index is 2.00. The summed E-state index contributed by atoms with van der Waals surface area (Å²) in [4.78, 5) is 16.0. The van der Waals surface area contributed by atoms with Gasteiger partial charge in [0.2, 0.25) is 0 Å². The van der Waals surface area contributed by atoms with Gasteiger partial charge in [0.05, 0.1) is 11.4 Å². The molecule has 140 valence electrons. The van der Waals surface area contributed by atoms with Gasteiger partial charge >= 0.3 is 0 Å². The first-order chi connectivity index (χ1) is 13.2. The molecular formula is C21H24N4O2. The molecule has 0 aliphatic carbocycles. The van der Waals surface area contributed by atoms with Gasteiger partial charge in [-0.3, -0.25) is 10.0 Å². The number of hydrogen-bond acceptors (Lipinski definition) is 4. The number of rotatable bonds is 8. The van der Waals surface area contributed by atoms with Crippen LogP contribution in [0, 0.1) is 0 Å². The third-order valence-electron chi connectivity index (χ3n) is 4.32. The van der Waals surface area contributed by atoms with Crippen LogP contribution in [-0.2, 0) is 11.3 Å². The van der Waals surface area contributed by atoms with E-state index in [-0.39, 0.29) is 0 Å². The molecule has 0 unspecified atom stereocenters. The SMILES string of the molecule is CCCCNCc1c(-c2ccccc2)nc2ccc(C=CC(=O)NO)cn12. The van der Waals surface area contributed by atoms with E-state index in [0.717, 1.165) is 47.5 Å². The van der Waals surface area contributed by atoms with Gasteiger partial charge in [-0.05, 0) is 36.7 Å². The number of fused-ring (bicyclic) bond motifs is 1. The molecular weight excluding hydrogens is 340 g/mol. The summed E-state index contributed by atoms with van der Waals surface area (Å²) < 4.78 is 2.05. The van der Waals surface area contributed by atoms with Crippen LogP contribution in [-0.4, -0.2) is 27.0 Å². The Labute approximate surface area is 158 Å². The van der Waals surface area contributed by atoms with E-state index in [2.05, 4.69) is 28.8 Å². The molecule has 0 radical (unpaired) electrons. The standard InChI is InChI=1S/C21H24N4O2/c1-2-3-13-22-14-18-21(17-7-5-4-6-8-17)23-19-11-9-16(15-25(18)19)10-12-20(26)24-27/h4-12,15,22,27H,2-3,13-14H2,1H3,(H,24,26). The topological polar surface area (TPSA) is 78.7 Å². The summed E-state index contributed by atoms with van der Waals surface area (Å²) in [5.41, 5.74) is 6.40. The largest absolute Gasteiger partial charge is 0.311 e. The van der Waals surface area contributed by atoms with Gasteiger partial charge in [0.1, 0.15) is 5.65 Å². The fraction of sp³-hybridized carbons (Fsp3) is 0.238. The lowest BCUT2D eigenvalue weighted by molar-refractivity contribution is -0.124. The molecule has 0 spiro atoms. The van der Waals surface area contributed by atoms with Gasteiger partial charge in [0.15, 0.2) is 0 Å². The molecule has 0 bridgehead atoms. The quantitative estimate of drug-likeness (QED) is 0.248. The molecule has 6 heteroatoms. The third-order valence-corrected chi connectivity index (χ3v) is 4.32. The number of benzene rings is 1. The van der Waals surface area contributed by atoms with Crippen molar-refractivity contribution < 1.29 is 10.0 Å². The van der Waals surface area contributed by atoms with Crippen molar-refractivity contribution in [2.24, 2.45) is 0 Å². The third kappa shape index (κ3) is 4.61. The van der Waals surface area contributed by atoms with E-state index in [1.165, 1.54) is 6.08 Å². The molecule has 3 rings (SSSR count). The van der Waals surface area contributed by atoms with Crippen LogP contribution in [0.5, 0.6) is 0 Å². The summed E-state index contributed by atoms with van der Waals surface area (Å²) in [7, 11) is 0. The number of hydroxylamine groups is 1. The number of imidazole rings is 1. The van der Waals surface area contributed by atoms with E-state index in [0.29, 0.717) is 6.54 Å². The molecule has 3 N–H and O–H groups in total. The van der Waals surface area contributed by atoms with Crippen LogP contribution in [0.15, 0.2) is 54.7 Å². The van der Waals surface area contributed by atoms with Crippen molar-refractivity contribution in [1.29, 1.82) is 0 Å². The summed E-state index contributed by atoms with van der Waals surface area (Å²) in [5.74, 6) is -0.563. The highest BCUT2D eigenvalue weighted by Crippen LogP contribution is 2.25. The molecule has 2 aromatic heterocycles. The molecule has 0 aliphatic heterocycles. The Morgan fingerprint density at radius 1 is 1.22 bits per heavy atom. The molecule has 0 atom stereocenters. The maximum absolute atomic E-state index is 11.2. The number of aromatic nitrogens is 2.